The number of rotatable bonds is 2. The SMILES string of the molecule is CC1(C)OC(=O)c2c(F)ccc(C3(B4OC56CC7CC(C75C)[C@]6(C)O4)CC3)c2O1. The normalized spacial score (nSPS) is 46.1. The van der Waals surface area contributed by atoms with E-state index in [4.69, 9.17) is 18.8 Å². The minimum absolute atomic E-state index is 0.116. The fourth-order valence-electron chi connectivity index (χ4n) is 7.66. The van der Waals surface area contributed by atoms with Gasteiger partial charge in [0.15, 0.2) is 0 Å². The maximum atomic E-state index is 14.5. The zero-order valence-electron chi connectivity index (χ0n) is 17.1. The van der Waals surface area contributed by atoms with Gasteiger partial charge in [-0.3, -0.25) is 0 Å². The molecule has 152 valence electrons. The Labute approximate surface area is 169 Å². The van der Waals surface area contributed by atoms with Crippen LogP contribution in [0.2, 0.25) is 0 Å². The number of benzene rings is 1. The molecule has 0 aromatic heterocycles. The van der Waals surface area contributed by atoms with Crippen LogP contribution in [0.25, 0.3) is 0 Å². The van der Waals surface area contributed by atoms with Crippen LogP contribution in [0, 0.1) is 23.1 Å². The molecule has 2 heterocycles. The van der Waals surface area contributed by atoms with Gasteiger partial charge in [0.1, 0.15) is 17.1 Å². The summed E-state index contributed by atoms with van der Waals surface area (Å²) in [7, 11) is -0.393. The summed E-state index contributed by atoms with van der Waals surface area (Å²) < 4.78 is 39.2. The average Bonchev–Trinajstić information content (AvgIpc) is 3.36. The summed E-state index contributed by atoms with van der Waals surface area (Å²) in [5.74, 6) is -0.836. The molecule has 29 heavy (non-hydrogen) atoms. The second-order valence-electron chi connectivity index (χ2n) is 10.8. The fraction of sp³-hybridized carbons (Fsp3) is 0.682. The molecule has 1 spiro atoms. The predicted molar refractivity (Wildman–Crippen MR) is 101 cm³/mol. The fourth-order valence-corrected chi connectivity index (χ4v) is 7.66. The van der Waals surface area contributed by atoms with Gasteiger partial charge in [-0.1, -0.05) is 13.0 Å². The Balaban J connectivity index is 1.32. The lowest BCUT2D eigenvalue weighted by Crippen LogP contribution is -2.92. The summed E-state index contributed by atoms with van der Waals surface area (Å²) in [6, 6.07) is 3.08. The number of halogens is 1. The van der Waals surface area contributed by atoms with E-state index in [0.717, 1.165) is 30.7 Å². The number of esters is 1. The van der Waals surface area contributed by atoms with Gasteiger partial charge in [-0.25, -0.2) is 9.18 Å². The summed E-state index contributed by atoms with van der Waals surface area (Å²) in [6.45, 7) is 7.89. The van der Waals surface area contributed by atoms with Crippen LogP contribution in [0.15, 0.2) is 12.1 Å². The van der Waals surface area contributed by atoms with Crippen molar-refractivity contribution in [2.75, 3.05) is 0 Å². The lowest BCUT2D eigenvalue weighted by Gasteiger charge is -2.87. The van der Waals surface area contributed by atoms with Crippen LogP contribution in [0.3, 0.4) is 0 Å². The van der Waals surface area contributed by atoms with Gasteiger partial charge in [-0.05, 0) is 56.1 Å². The monoisotopic (exact) mass is 398 g/mol. The van der Waals surface area contributed by atoms with Crippen LogP contribution >= 0.6 is 0 Å². The first kappa shape index (κ1) is 17.1. The Hall–Kier alpha value is -1.60. The van der Waals surface area contributed by atoms with Crippen molar-refractivity contribution in [3.8, 4) is 5.75 Å². The second-order valence-corrected chi connectivity index (χ2v) is 10.8. The Morgan fingerprint density at radius 3 is 2.48 bits per heavy atom. The van der Waals surface area contributed by atoms with Gasteiger partial charge in [-0.2, -0.15) is 0 Å². The molecule has 0 N–H and O–H groups in total. The van der Waals surface area contributed by atoms with Gasteiger partial charge in [0.25, 0.3) is 0 Å². The third-order valence-corrected chi connectivity index (χ3v) is 9.40. The van der Waals surface area contributed by atoms with Gasteiger partial charge in [-0.15, -0.1) is 0 Å². The third kappa shape index (κ3) is 1.53. The Morgan fingerprint density at radius 1 is 1.10 bits per heavy atom. The molecule has 1 aromatic carbocycles. The van der Waals surface area contributed by atoms with Crippen molar-refractivity contribution in [1.29, 1.82) is 0 Å². The van der Waals surface area contributed by atoms with Gasteiger partial charge >= 0.3 is 13.1 Å². The van der Waals surface area contributed by atoms with Gasteiger partial charge < -0.3 is 18.8 Å². The first-order chi connectivity index (χ1) is 13.6. The molecule has 7 rings (SSSR count). The Kier molecular flexibility index (Phi) is 2.58. The molecular formula is C22H24BFO5. The van der Waals surface area contributed by atoms with E-state index >= 15 is 0 Å². The van der Waals surface area contributed by atoms with Crippen molar-refractivity contribution < 1.29 is 28.0 Å². The highest BCUT2D eigenvalue weighted by atomic mass is 19.1. The highest BCUT2D eigenvalue weighted by Crippen LogP contribution is 2.88. The maximum absolute atomic E-state index is 14.5. The van der Waals surface area contributed by atoms with Gasteiger partial charge in [0.05, 0.1) is 11.2 Å². The van der Waals surface area contributed by atoms with Gasteiger partial charge in [0, 0.05) is 24.6 Å². The minimum atomic E-state index is -1.14. The van der Waals surface area contributed by atoms with E-state index in [9.17, 15) is 9.18 Å². The molecular weight excluding hydrogens is 374 g/mol. The van der Waals surface area contributed by atoms with E-state index < -0.39 is 30.0 Å². The summed E-state index contributed by atoms with van der Waals surface area (Å²) in [5, 5.41) is -0.401. The number of fused-ring (bicyclic) bond motifs is 2. The van der Waals surface area contributed by atoms with Crippen LogP contribution in [0.1, 0.15) is 69.3 Å². The molecule has 5 fully saturated rings. The molecule has 7 heteroatoms. The quantitative estimate of drug-likeness (QED) is 0.561. The average molecular weight is 398 g/mol. The van der Waals surface area contributed by atoms with E-state index in [1.165, 1.54) is 12.5 Å². The molecule has 2 aliphatic heterocycles. The topological polar surface area (TPSA) is 54.0 Å². The molecule has 4 saturated carbocycles. The number of ether oxygens (including phenoxy) is 2. The van der Waals surface area contributed by atoms with Crippen molar-refractivity contribution >= 4 is 13.1 Å². The van der Waals surface area contributed by atoms with Gasteiger partial charge in [0.2, 0.25) is 5.79 Å². The lowest BCUT2D eigenvalue weighted by molar-refractivity contribution is -0.429. The Morgan fingerprint density at radius 2 is 1.86 bits per heavy atom. The number of hydrogen-bond donors (Lipinski definition) is 0. The second kappa shape index (κ2) is 4.38. The first-order valence-electron chi connectivity index (χ1n) is 10.7. The maximum Gasteiger partial charge on any atom is 0.469 e. The van der Waals surface area contributed by atoms with Crippen LogP contribution in [-0.2, 0) is 19.4 Å². The molecule has 0 radical (unpaired) electrons. The van der Waals surface area contributed by atoms with Crippen molar-refractivity contribution in [3.63, 3.8) is 0 Å². The molecule has 0 amide bonds. The van der Waals surface area contributed by atoms with E-state index in [0.29, 0.717) is 11.7 Å². The molecule has 0 bridgehead atoms. The molecule has 5 atom stereocenters. The summed E-state index contributed by atoms with van der Waals surface area (Å²) in [5.41, 5.74) is 0.507. The smallest absolute Gasteiger partial charge is 0.452 e. The highest BCUT2D eigenvalue weighted by molar-refractivity contribution is 6.51. The molecule has 1 aromatic rings. The summed E-state index contributed by atoms with van der Waals surface area (Å²) >= 11 is 0. The molecule has 4 unspecified atom stereocenters. The van der Waals surface area contributed by atoms with Crippen molar-refractivity contribution in [3.05, 3.63) is 29.1 Å². The molecule has 1 saturated heterocycles. The van der Waals surface area contributed by atoms with E-state index in [1.807, 2.05) is 0 Å². The van der Waals surface area contributed by atoms with Crippen molar-refractivity contribution in [1.82, 2.24) is 0 Å². The zero-order chi connectivity index (χ0) is 20.2. The highest BCUT2D eigenvalue weighted by Gasteiger charge is 2.94. The van der Waals surface area contributed by atoms with Crippen molar-refractivity contribution in [2.45, 2.75) is 75.7 Å². The summed E-state index contributed by atoms with van der Waals surface area (Å²) in [4.78, 5) is 12.5. The first-order valence-corrected chi connectivity index (χ1v) is 10.7. The molecule has 5 nitrogen and oxygen atoms in total. The summed E-state index contributed by atoms with van der Waals surface area (Å²) in [6.07, 6.45) is 4.03. The molecule has 6 aliphatic rings. The lowest BCUT2D eigenvalue weighted by atomic mass is 9.21. The van der Waals surface area contributed by atoms with E-state index in [1.54, 1.807) is 19.9 Å². The van der Waals surface area contributed by atoms with Crippen LogP contribution in [0.4, 0.5) is 4.39 Å². The predicted octanol–water partition coefficient (Wildman–Crippen LogP) is 3.77. The number of carbonyl (C=O) groups is 1. The van der Waals surface area contributed by atoms with E-state index in [2.05, 4.69) is 13.8 Å². The molecule has 4 aliphatic carbocycles. The zero-order valence-corrected chi connectivity index (χ0v) is 17.1. The van der Waals surface area contributed by atoms with Crippen molar-refractivity contribution in [2.24, 2.45) is 17.3 Å². The third-order valence-electron chi connectivity index (χ3n) is 9.40. The number of cyclic esters (lactones) is 1. The van der Waals surface area contributed by atoms with E-state index in [-0.39, 0.29) is 22.2 Å². The largest absolute Gasteiger partial charge is 0.469 e. The van der Waals surface area contributed by atoms with Crippen LogP contribution < -0.4 is 4.74 Å². The van der Waals surface area contributed by atoms with Crippen LogP contribution in [-0.4, -0.2) is 30.1 Å². The number of carbonyl (C=O) groups excluding carboxylic acids is 1. The number of hydrogen-bond acceptors (Lipinski definition) is 5. The Bertz CT molecular complexity index is 1020. The standard InChI is InChI=1S/C22H24BFO5/c1-18(2)26-16-12(5-6-13(24)15(16)17(25)27-18)21(7-8-21)23-28-20(4)14-9-11-10-22(20,29-23)19(11,14)3/h5-6,11,14H,7-10H2,1-4H3/t11?,14?,19?,20-,22?/m0/s1. The minimum Gasteiger partial charge on any atom is -0.452 e. The van der Waals surface area contributed by atoms with Crippen LogP contribution in [0.5, 0.6) is 5.75 Å².